The highest BCUT2D eigenvalue weighted by Gasteiger charge is 2.12. The van der Waals surface area contributed by atoms with Crippen LogP contribution in [0.3, 0.4) is 0 Å². The van der Waals surface area contributed by atoms with Crippen LogP contribution in [0, 0.1) is 20.8 Å². The highest BCUT2D eigenvalue weighted by atomic mass is 32.1. The highest BCUT2D eigenvalue weighted by Crippen LogP contribution is 2.11. The Morgan fingerprint density at radius 1 is 1.17 bits per heavy atom. The van der Waals surface area contributed by atoms with Gasteiger partial charge in [0.1, 0.15) is 0 Å². The van der Waals surface area contributed by atoms with Crippen molar-refractivity contribution in [3.63, 3.8) is 0 Å². The molecule has 0 amide bonds. The predicted molar refractivity (Wildman–Crippen MR) is 73.6 cm³/mol. The van der Waals surface area contributed by atoms with E-state index in [1.807, 2.05) is 32.9 Å². The Kier molecular flexibility index (Phi) is 3.48. The van der Waals surface area contributed by atoms with Crippen LogP contribution in [0.5, 0.6) is 0 Å². The number of carbonyl (C=O) groups excluding carboxylic acids is 1. The Balaban J connectivity index is 2.27. The Morgan fingerprint density at radius 3 is 2.28 bits per heavy atom. The third kappa shape index (κ3) is 2.43. The standard InChI is InChI=1S/C14H15NO2S/c1-9-4-6-12(7-5-9)13(16)8-15-10(2)11(3)18-14(15)17/h4-7H,8H2,1-3H3. The average molecular weight is 261 g/mol. The van der Waals surface area contributed by atoms with Crippen LogP contribution in [0.2, 0.25) is 0 Å². The molecule has 0 radical (unpaired) electrons. The SMILES string of the molecule is Cc1ccc(C(=O)Cn2c(C)c(C)sc2=O)cc1. The fourth-order valence-electron chi connectivity index (χ4n) is 1.74. The van der Waals surface area contributed by atoms with Crippen LogP contribution in [-0.4, -0.2) is 10.4 Å². The van der Waals surface area contributed by atoms with Gasteiger partial charge in [-0.25, -0.2) is 0 Å². The van der Waals surface area contributed by atoms with Gasteiger partial charge in [0.25, 0.3) is 0 Å². The van der Waals surface area contributed by atoms with Crippen molar-refractivity contribution < 1.29 is 4.79 Å². The smallest absolute Gasteiger partial charge is 0.295 e. The molecular formula is C14H15NO2S. The third-order valence-electron chi connectivity index (χ3n) is 3.05. The van der Waals surface area contributed by atoms with Crippen LogP contribution in [0.1, 0.15) is 26.5 Å². The first-order valence-electron chi connectivity index (χ1n) is 5.75. The van der Waals surface area contributed by atoms with Gasteiger partial charge in [-0.05, 0) is 20.8 Å². The topological polar surface area (TPSA) is 39.1 Å². The Morgan fingerprint density at radius 2 is 1.78 bits per heavy atom. The van der Waals surface area contributed by atoms with Crippen molar-refractivity contribution in [2.75, 3.05) is 0 Å². The van der Waals surface area contributed by atoms with Gasteiger partial charge in [-0.1, -0.05) is 41.2 Å². The Hall–Kier alpha value is -1.68. The number of Topliss-reactive ketones (excluding diaryl/α,β-unsaturated/α-hetero) is 1. The van der Waals surface area contributed by atoms with Crippen LogP contribution in [0.4, 0.5) is 0 Å². The first kappa shape index (κ1) is 12.8. The maximum atomic E-state index is 12.1. The van der Waals surface area contributed by atoms with Crippen LogP contribution in [0.25, 0.3) is 0 Å². The second kappa shape index (κ2) is 4.90. The van der Waals surface area contributed by atoms with Gasteiger partial charge >= 0.3 is 4.87 Å². The lowest BCUT2D eigenvalue weighted by atomic mass is 10.1. The molecule has 4 heteroatoms. The minimum Gasteiger partial charge on any atom is -0.295 e. The number of aryl methyl sites for hydroxylation is 2. The fourth-order valence-corrected chi connectivity index (χ4v) is 2.58. The lowest BCUT2D eigenvalue weighted by Gasteiger charge is -2.04. The summed E-state index contributed by atoms with van der Waals surface area (Å²) in [5, 5.41) is 0. The molecule has 0 bridgehead atoms. The molecule has 0 saturated carbocycles. The minimum absolute atomic E-state index is 0.0296. The van der Waals surface area contributed by atoms with Crippen molar-refractivity contribution in [2.24, 2.45) is 0 Å². The molecule has 0 aliphatic rings. The lowest BCUT2D eigenvalue weighted by Crippen LogP contribution is -2.20. The van der Waals surface area contributed by atoms with E-state index in [2.05, 4.69) is 0 Å². The van der Waals surface area contributed by atoms with Gasteiger partial charge in [0.15, 0.2) is 5.78 Å². The quantitative estimate of drug-likeness (QED) is 0.797. The Bertz CT molecular complexity index is 635. The summed E-state index contributed by atoms with van der Waals surface area (Å²) in [5.41, 5.74) is 2.65. The maximum Gasteiger partial charge on any atom is 0.307 e. The number of benzene rings is 1. The van der Waals surface area contributed by atoms with Crippen molar-refractivity contribution in [3.05, 3.63) is 55.6 Å². The number of thiazole rings is 1. The molecule has 0 saturated heterocycles. The number of rotatable bonds is 3. The first-order chi connectivity index (χ1) is 8.49. The van der Waals surface area contributed by atoms with Gasteiger partial charge in [0.2, 0.25) is 0 Å². The number of carbonyl (C=O) groups is 1. The molecular weight excluding hydrogens is 246 g/mol. The average Bonchev–Trinajstić information content (AvgIpc) is 2.57. The van der Waals surface area contributed by atoms with E-state index in [4.69, 9.17) is 0 Å². The van der Waals surface area contributed by atoms with E-state index < -0.39 is 0 Å². The van der Waals surface area contributed by atoms with Gasteiger partial charge in [0, 0.05) is 16.1 Å². The Labute approximate surface area is 110 Å². The minimum atomic E-state index is -0.0644. The summed E-state index contributed by atoms with van der Waals surface area (Å²) < 4.78 is 1.54. The normalized spacial score (nSPS) is 10.6. The molecule has 1 heterocycles. The summed E-state index contributed by atoms with van der Waals surface area (Å²) in [6.07, 6.45) is 0. The zero-order valence-electron chi connectivity index (χ0n) is 10.7. The van der Waals surface area contributed by atoms with E-state index in [0.29, 0.717) is 5.56 Å². The zero-order valence-corrected chi connectivity index (χ0v) is 11.5. The lowest BCUT2D eigenvalue weighted by molar-refractivity contribution is 0.0970. The van der Waals surface area contributed by atoms with Gasteiger partial charge in [-0.3, -0.25) is 14.2 Å². The molecule has 2 aromatic rings. The monoisotopic (exact) mass is 261 g/mol. The third-order valence-corrected chi connectivity index (χ3v) is 4.05. The summed E-state index contributed by atoms with van der Waals surface area (Å²) >= 11 is 1.19. The molecule has 94 valence electrons. The van der Waals surface area contributed by atoms with E-state index in [0.717, 1.165) is 16.1 Å². The largest absolute Gasteiger partial charge is 0.307 e. The number of ketones is 1. The van der Waals surface area contributed by atoms with E-state index in [1.54, 1.807) is 16.7 Å². The van der Waals surface area contributed by atoms with E-state index in [-0.39, 0.29) is 17.2 Å². The van der Waals surface area contributed by atoms with Crippen molar-refractivity contribution >= 4 is 17.1 Å². The first-order valence-corrected chi connectivity index (χ1v) is 6.57. The number of hydrogen-bond acceptors (Lipinski definition) is 3. The summed E-state index contributed by atoms with van der Waals surface area (Å²) in [7, 11) is 0. The molecule has 0 spiro atoms. The van der Waals surface area contributed by atoms with Crippen molar-refractivity contribution in [2.45, 2.75) is 27.3 Å². The molecule has 0 atom stereocenters. The van der Waals surface area contributed by atoms with Crippen LogP contribution < -0.4 is 4.87 Å². The number of nitrogens with zero attached hydrogens (tertiary/aromatic N) is 1. The van der Waals surface area contributed by atoms with E-state index in [1.165, 1.54) is 11.3 Å². The summed E-state index contributed by atoms with van der Waals surface area (Å²) in [5.74, 6) is -0.0296. The van der Waals surface area contributed by atoms with Crippen molar-refractivity contribution in [1.29, 1.82) is 0 Å². The van der Waals surface area contributed by atoms with Gasteiger partial charge in [-0.15, -0.1) is 0 Å². The molecule has 0 aliphatic carbocycles. The van der Waals surface area contributed by atoms with Crippen molar-refractivity contribution in [3.8, 4) is 0 Å². The van der Waals surface area contributed by atoms with Crippen LogP contribution >= 0.6 is 11.3 Å². The molecule has 2 rings (SSSR count). The maximum absolute atomic E-state index is 12.1. The fraction of sp³-hybridized carbons (Fsp3) is 0.286. The van der Waals surface area contributed by atoms with Crippen LogP contribution in [-0.2, 0) is 6.54 Å². The molecule has 18 heavy (non-hydrogen) atoms. The van der Waals surface area contributed by atoms with Gasteiger partial charge < -0.3 is 0 Å². The second-order valence-corrected chi connectivity index (χ2v) is 5.55. The molecule has 0 aliphatic heterocycles. The molecule has 0 fully saturated rings. The van der Waals surface area contributed by atoms with Gasteiger partial charge in [0.05, 0.1) is 6.54 Å². The molecule has 0 unspecified atom stereocenters. The molecule has 1 aromatic carbocycles. The van der Waals surface area contributed by atoms with Crippen molar-refractivity contribution in [1.82, 2.24) is 4.57 Å². The summed E-state index contributed by atoms with van der Waals surface area (Å²) in [4.78, 5) is 24.7. The molecule has 3 nitrogen and oxygen atoms in total. The summed E-state index contributed by atoms with van der Waals surface area (Å²) in [6, 6.07) is 7.41. The predicted octanol–water partition coefficient (Wildman–Crippen LogP) is 2.72. The number of aromatic nitrogens is 1. The van der Waals surface area contributed by atoms with Crippen LogP contribution in [0.15, 0.2) is 29.1 Å². The van der Waals surface area contributed by atoms with E-state index >= 15 is 0 Å². The molecule has 0 N–H and O–H groups in total. The highest BCUT2D eigenvalue weighted by molar-refractivity contribution is 7.09. The number of hydrogen-bond donors (Lipinski definition) is 0. The zero-order chi connectivity index (χ0) is 13.3. The molecule has 1 aromatic heterocycles. The van der Waals surface area contributed by atoms with E-state index in [9.17, 15) is 9.59 Å². The van der Waals surface area contributed by atoms with Gasteiger partial charge in [-0.2, -0.15) is 0 Å². The summed E-state index contributed by atoms with van der Waals surface area (Å²) in [6.45, 7) is 5.87. The second-order valence-electron chi connectivity index (χ2n) is 4.38.